The third-order valence-corrected chi connectivity index (χ3v) is 5.89. The maximum atomic E-state index is 12.9. The number of urea groups is 1. The van der Waals surface area contributed by atoms with Crippen LogP contribution in [0, 0.1) is 0 Å². The summed E-state index contributed by atoms with van der Waals surface area (Å²) < 4.78 is 38.7. The van der Waals surface area contributed by atoms with Crippen molar-refractivity contribution >= 4 is 34.9 Å². The highest BCUT2D eigenvalue weighted by Crippen LogP contribution is 2.31. The van der Waals surface area contributed by atoms with Gasteiger partial charge in [-0.05, 0) is 68.4 Å². The van der Waals surface area contributed by atoms with Crippen LogP contribution in [0.2, 0.25) is 10.0 Å². The van der Waals surface area contributed by atoms with Crippen LogP contribution in [0.15, 0.2) is 42.5 Å². The van der Waals surface area contributed by atoms with Gasteiger partial charge in [-0.2, -0.15) is 13.2 Å². The lowest BCUT2D eigenvalue weighted by Crippen LogP contribution is -2.34. The largest absolute Gasteiger partial charge is 0.416 e. The lowest BCUT2D eigenvalue weighted by atomic mass is 9.95. The minimum Gasteiger partial charge on any atom is -0.337 e. The Kier molecular flexibility index (Phi) is 10.1. The summed E-state index contributed by atoms with van der Waals surface area (Å²) in [5.41, 5.74) is 0.189. The molecule has 2 rings (SSSR count). The van der Waals surface area contributed by atoms with Gasteiger partial charge in [-0.25, -0.2) is 4.79 Å². The Balaban J connectivity index is 2.06. The van der Waals surface area contributed by atoms with Gasteiger partial charge in [0.15, 0.2) is 0 Å². The molecule has 0 fully saturated rings. The summed E-state index contributed by atoms with van der Waals surface area (Å²) >= 11 is 12.2. The predicted octanol–water partition coefficient (Wildman–Crippen LogP) is 7.04. The number of amides is 2. The Bertz CT molecular complexity index is 893. The molecule has 0 saturated carbocycles. The number of alkyl halides is 3. The summed E-state index contributed by atoms with van der Waals surface area (Å²) in [6.45, 7) is 7.27. The Morgan fingerprint density at radius 1 is 1.06 bits per heavy atom. The van der Waals surface area contributed by atoms with Crippen LogP contribution < -0.4 is 10.6 Å². The molecule has 176 valence electrons. The summed E-state index contributed by atoms with van der Waals surface area (Å²) in [6, 6.07) is 9.34. The quantitative estimate of drug-likeness (QED) is 0.375. The standard InChI is InChI=1S/C23H28Cl2F3N3O/c1-3-11-31(4-2)12-10-17(16-8-9-20(24)21(25)13-16)15-29-22(32)30-19-7-5-6-18(14-19)23(26,27)28/h5-9,13-14,17H,3-4,10-12,15H2,1-2H3,(H2,29,30,32). The van der Waals surface area contributed by atoms with Gasteiger partial charge < -0.3 is 15.5 Å². The molecule has 32 heavy (non-hydrogen) atoms. The Morgan fingerprint density at radius 3 is 2.44 bits per heavy atom. The molecule has 2 amide bonds. The topological polar surface area (TPSA) is 44.4 Å². The second-order valence-corrected chi connectivity index (χ2v) is 8.32. The van der Waals surface area contributed by atoms with E-state index in [-0.39, 0.29) is 11.6 Å². The van der Waals surface area contributed by atoms with E-state index >= 15 is 0 Å². The number of halogens is 5. The molecule has 0 aromatic heterocycles. The first-order chi connectivity index (χ1) is 15.1. The van der Waals surface area contributed by atoms with Gasteiger partial charge in [-0.15, -0.1) is 0 Å². The van der Waals surface area contributed by atoms with Crippen LogP contribution >= 0.6 is 23.2 Å². The van der Waals surface area contributed by atoms with Crippen molar-refractivity contribution in [2.75, 3.05) is 31.5 Å². The van der Waals surface area contributed by atoms with Crippen molar-refractivity contribution in [1.29, 1.82) is 0 Å². The number of rotatable bonds is 10. The lowest BCUT2D eigenvalue weighted by Gasteiger charge is -2.24. The van der Waals surface area contributed by atoms with Gasteiger partial charge >= 0.3 is 12.2 Å². The predicted molar refractivity (Wildman–Crippen MR) is 125 cm³/mol. The monoisotopic (exact) mass is 489 g/mol. The molecule has 0 saturated heterocycles. The van der Waals surface area contributed by atoms with E-state index in [1.165, 1.54) is 12.1 Å². The fourth-order valence-corrected chi connectivity index (χ4v) is 3.71. The first kappa shape index (κ1) is 26.3. The number of anilines is 1. The minimum absolute atomic E-state index is 0.0390. The molecule has 1 atom stereocenters. The third kappa shape index (κ3) is 8.19. The number of hydrogen-bond donors (Lipinski definition) is 2. The average molecular weight is 490 g/mol. The summed E-state index contributed by atoms with van der Waals surface area (Å²) in [5.74, 6) is -0.0390. The van der Waals surface area contributed by atoms with Gasteiger partial charge in [0.2, 0.25) is 0 Å². The maximum Gasteiger partial charge on any atom is 0.416 e. The Labute approximate surface area is 197 Å². The summed E-state index contributed by atoms with van der Waals surface area (Å²) in [7, 11) is 0. The van der Waals surface area contributed by atoms with Crippen LogP contribution in [0.5, 0.6) is 0 Å². The van der Waals surface area contributed by atoms with Gasteiger partial charge in [-0.3, -0.25) is 0 Å². The van der Waals surface area contributed by atoms with E-state index < -0.39 is 17.8 Å². The molecule has 2 aromatic rings. The lowest BCUT2D eigenvalue weighted by molar-refractivity contribution is -0.137. The highest BCUT2D eigenvalue weighted by molar-refractivity contribution is 6.42. The van der Waals surface area contributed by atoms with E-state index in [2.05, 4.69) is 29.4 Å². The van der Waals surface area contributed by atoms with Crippen molar-refractivity contribution in [2.24, 2.45) is 0 Å². The Morgan fingerprint density at radius 2 is 1.81 bits per heavy atom. The molecule has 9 heteroatoms. The number of carbonyl (C=O) groups is 1. The smallest absolute Gasteiger partial charge is 0.337 e. The Hall–Kier alpha value is -1.96. The van der Waals surface area contributed by atoms with Gasteiger partial charge in [0.05, 0.1) is 15.6 Å². The number of nitrogens with zero attached hydrogens (tertiary/aromatic N) is 1. The van der Waals surface area contributed by atoms with Crippen molar-refractivity contribution in [3.63, 3.8) is 0 Å². The van der Waals surface area contributed by atoms with Gasteiger partial charge in [0.1, 0.15) is 0 Å². The van der Waals surface area contributed by atoms with Crippen LogP contribution in [0.4, 0.5) is 23.7 Å². The second-order valence-electron chi connectivity index (χ2n) is 7.51. The second kappa shape index (κ2) is 12.3. The van der Waals surface area contributed by atoms with E-state index in [1.807, 2.05) is 6.07 Å². The molecule has 2 aromatic carbocycles. The molecule has 0 aliphatic heterocycles. The molecular formula is C23H28Cl2F3N3O. The summed E-state index contributed by atoms with van der Waals surface area (Å²) in [5, 5.41) is 6.12. The van der Waals surface area contributed by atoms with Crippen LogP contribution in [0.3, 0.4) is 0 Å². The van der Waals surface area contributed by atoms with Crippen LogP contribution in [0.25, 0.3) is 0 Å². The SMILES string of the molecule is CCCN(CC)CCC(CNC(=O)Nc1cccc(C(F)(F)F)c1)c1ccc(Cl)c(Cl)c1. The minimum atomic E-state index is -4.48. The first-order valence-electron chi connectivity index (χ1n) is 10.5. The molecule has 0 spiro atoms. The van der Waals surface area contributed by atoms with E-state index in [0.717, 1.165) is 50.2 Å². The van der Waals surface area contributed by atoms with Gasteiger partial charge in [0.25, 0.3) is 0 Å². The van der Waals surface area contributed by atoms with E-state index in [0.29, 0.717) is 16.6 Å². The number of nitrogens with one attached hydrogen (secondary N) is 2. The molecule has 0 aliphatic carbocycles. The zero-order chi connectivity index (χ0) is 23.7. The molecule has 0 bridgehead atoms. The van der Waals surface area contributed by atoms with E-state index in [1.54, 1.807) is 12.1 Å². The average Bonchev–Trinajstić information content (AvgIpc) is 2.74. The summed E-state index contributed by atoms with van der Waals surface area (Å²) in [4.78, 5) is 14.7. The molecular weight excluding hydrogens is 462 g/mol. The highest BCUT2D eigenvalue weighted by Gasteiger charge is 2.30. The normalized spacial score (nSPS) is 12.6. The maximum absolute atomic E-state index is 12.9. The fraction of sp³-hybridized carbons (Fsp3) is 0.435. The van der Waals surface area contributed by atoms with Crippen LogP contribution in [0.1, 0.15) is 43.7 Å². The molecule has 0 radical (unpaired) electrons. The van der Waals surface area contributed by atoms with Crippen LogP contribution in [-0.4, -0.2) is 37.1 Å². The third-order valence-electron chi connectivity index (χ3n) is 5.15. The highest BCUT2D eigenvalue weighted by atomic mass is 35.5. The molecule has 2 N–H and O–H groups in total. The van der Waals surface area contributed by atoms with Crippen molar-refractivity contribution in [1.82, 2.24) is 10.2 Å². The van der Waals surface area contributed by atoms with Crippen molar-refractivity contribution < 1.29 is 18.0 Å². The molecule has 0 aliphatic rings. The van der Waals surface area contributed by atoms with Crippen molar-refractivity contribution in [3.05, 3.63) is 63.6 Å². The van der Waals surface area contributed by atoms with Crippen molar-refractivity contribution in [2.45, 2.75) is 38.8 Å². The van der Waals surface area contributed by atoms with Crippen LogP contribution in [-0.2, 0) is 6.18 Å². The van der Waals surface area contributed by atoms with E-state index in [4.69, 9.17) is 23.2 Å². The van der Waals surface area contributed by atoms with Crippen molar-refractivity contribution in [3.8, 4) is 0 Å². The summed E-state index contributed by atoms with van der Waals surface area (Å²) in [6.07, 6.45) is -2.66. The van der Waals surface area contributed by atoms with Gasteiger partial charge in [-0.1, -0.05) is 49.2 Å². The molecule has 4 nitrogen and oxygen atoms in total. The molecule has 0 heterocycles. The molecule has 1 unspecified atom stereocenters. The number of hydrogen-bond acceptors (Lipinski definition) is 2. The number of benzene rings is 2. The fourth-order valence-electron chi connectivity index (χ4n) is 3.40. The first-order valence-corrected chi connectivity index (χ1v) is 11.3. The number of carbonyl (C=O) groups excluding carboxylic acids is 1. The van der Waals surface area contributed by atoms with E-state index in [9.17, 15) is 18.0 Å². The van der Waals surface area contributed by atoms with Gasteiger partial charge in [0, 0.05) is 18.2 Å². The zero-order valence-corrected chi connectivity index (χ0v) is 19.6. The zero-order valence-electron chi connectivity index (χ0n) is 18.1.